The zero-order valence-corrected chi connectivity index (χ0v) is 10.8. The molecule has 22 heavy (non-hydrogen) atoms. The van der Waals surface area contributed by atoms with E-state index in [0.717, 1.165) is 10.8 Å². The van der Waals surface area contributed by atoms with Crippen LogP contribution in [0.25, 0.3) is 10.9 Å². The number of halogens is 3. The number of carboxylic acid groups (broad SMARTS) is 1. The minimum atomic E-state index is -1.75. The normalized spacial score (nSPS) is 14.9. The summed E-state index contributed by atoms with van der Waals surface area (Å²) >= 11 is 0. The molecule has 0 atom stereocenters. The van der Waals surface area contributed by atoms with E-state index >= 15 is 0 Å². The molecule has 0 saturated carbocycles. The number of benzene rings is 1. The van der Waals surface area contributed by atoms with Crippen molar-refractivity contribution < 1.29 is 32.5 Å². The second-order valence-corrected chi connectivity index (χ2v) is 4.67. The summed E-state index contributed by atoms with van der Waals surface area (Å²) in [5.41, 5.74) is -1.51. The molecule has 1 fully saturated rings. The second kappa shape index (κ2) is 5.02. The van der Waals surface area contributed by atoms with Crippen molar-refractivity contribution in [2.24, 2.45) is 0 Å². The Bertz CT molecular complexity index is 844. The SMILES string of the molecule is O=C(O)Oc1cn(C2COC2)c2c(F)c(F)c(F)cc2c1=O. The Hall–Kier alpha value is -2.55. The van der Waals surface area contributed by atoms with Crippen LogP contribution in [-0.4, -0.2) is 29.0 Å². The van der Waals surface area contributed by atoms with E-state index in [9.17, 15) is 22.8 Å². The number of nitrogens with zero attached hydrogens (tertiary/aromatic N) is 1. The summed E-state index contributed by atoms with van der Waals surface area (Å²) in [6, 6.07) is 0.0690. The Morgan fingerprint density at radius 1 is 1.32 bits per heavy atom. The second-order valence-electron chi connectivity index (χ2n) is 4.67. The Labute approximate surface area is 120 Å². The van der Waals surface area contributed by atoms with Crippen LogP contribution < -0.4 is 10.2 Å². The van der Waals surface area contributed by atoms with E-state index in [1.807, 2.05) is 0 Å². The van der Waals surface area contributed by atoms with Gasteiger partial charge in [-0.3, -0.25) is 4.79 Å². The van der Waals surface area contributed by atoms with Crippen molar-refractivity contribution in [2.75, 3.05) is 13.2 Å². The van der Waals surface area contributed by atoms with E-state index in [1.54, 1.807) is 0 Å². The highest BCUT2D eigenvalue weighted by Gasteiger charge is 2.27. The maximum atomic E-state index is 14.0. The van der Waals surface area contributed by atoms with Crippen molar-refractivity contribution in [3.63, 3.8) is 0 Å². The van der Waals surface area contributed by atoms with Gasteiger partial charge >= 0.3 is 6.16 Å². The molecule has 1 N–H and O–H groups in total. The smallest absolute Gasteiger partial charge is 0.449 e. The predicted molar refractivity (Wildman–Crippen MR) is 66.6 cm³/mol. The van der Waals surface area contributed by atoms with Gasteiger partial charge in [0.15, 0.2) is 23.2 Å². The summed E-state index contributed by atoms with van der Waals surface area (Å²) in [5.74, 6) is -5.42. The van der Waals surface area contributed by atoms with Gasteiger partial charge in [-0.15, -0.1) is 0 Å². The number of pyridine rings is 1. The molecule has 116 valence electrons. The molecule has 0 amide bonds. The van der Waals surface area contributed by atoms with Gasteiger partial charge in [0.25, 0.3) is 0 Å². The first-order valence-electron chi connectivity index (χ1n) is 6.11. The third-order valence-electron chi connectivity index (χ3n) is 3.33. The molecule has 1 saturated heterocycles. The lowest BCUT2D eigenvalue weighted by molar-refractivity contribution is -0.0220. The number of carbonyl (C=O) groups is 1. The van der Waals surface area contributed by atoms with Gasteiger partial charge < -0.3 is 19.1 Å². The van der Waals surface area contributed by atoms with Gasteiger partial charge in [0.1, 0.15) is 0 Å². The average molecular weight is 315 g/mol. The number of rotatable bonds is 2. The van der Waals surface area contributed by atoms with Crippen molar-refractivity contribution in [2.45, 2.75) is 6.04 Å². The lowest BCUT2D eigenvalue weighted by atomic mass is 10.1. The van der Waals surface area contributed by atoms with Crippen LogP contribution in [0.3, 0.4) is 0 Å². The van der Waals surface area contributed by atoms with E-state index in [4.69, 9.17) is 9.84 Å². The first-order chi connectivity index (χ1) is 10.4. The summed E-state index contributed by atoms with van der Waals surface area (Å²) in [5, 5.41) is 8.10. The van der Waals surface area contributed by atoms with Crippen molar-refractivity contribution in [1.82, 2.24) is 4.57 Å². The quantitative estimate of drug-likeness (QED) is 0.678. The Balaban J connectivity index is 2.38. The minimum Gasteiger partial charge on any atom is -0.449 e. The molecule has 0 radical (unpaired) electrons. The highest BCUT2D eigenvalue weighted by Crippen LogP contribution is 2.28. The van der Waals surface area contributed by atoms with Crippen LogP contribution in [0.5, 0.6) is 5.75 Å². The highest BCUT2D eigenvalue weighted by molar-refractivity contribution is 5.82. The third kappa shape index (κ3) is 2.10. The topological polar surface area (TPSA) is 77.8 Å². The molecule has 1 aliphatic heterocycles. The van der Waals surface area contributed by atoms with E-state index in [-0.39, 0.29) is 13.2 Å². The van der Waals surface area contributed by atoms with Crippen molar-refractivity contribution in [3.05, 3.63) is 39.9 Å². The van der Waals surface area contributed by atoms with Gasteiger partial charge in [-0.05, 0) is 6.07 Å². The molecule has 9 heteroatoms. The monoisotopic (exact) mass is 315 g/mol. The molecule has 6 nitrogen and oxygen atoms in total. The molecule has 0 aliphatic carbocycles. The molecule has 0 bridgehead atoms. The fourth-order valence-corrected chi connectivity index (χ4v) is 2.23. The zero-order chi connectivity index (χ0) is 16.0. The molecule has 3 rings (SSSR count). The van der Waals surface area contributed by atoms with Gasteiger partial charge in [-0.1, -0.05) is 0 Å². The molecule has 1 aliphatic rings. The average Bonchev–Trinajstić information content (AvgIpc) is 2.38. The summed E-state index contributed by atoms with van der Waals surface area (Å²) in [7, 11) is 0. The van der Waals surface area contributed by atoms with Crippen LogP contribution >= 0.6 is 0 Å². The van der Waals surface area contributed by atoms with Crippen LogP contribution in [-0.2, 0) is 4.74 Å². The van der Waals surface area contributed by atoms with Crippen molar-refractivity contribution in [3.8, 4) is 5.75 Å². The van der Waals surface area contributed by atoms with Crippen molar-refractivity contribution >= 4 is 17.1 Å². The third-order valence-corrected chi connectivity index (χ3v) is 3.33. The standard InChI is InChI=1S/C13H8F3NO5/c14-7-1-6-11(10(16)9(7)15)17(5-3-21-4-5)2-8(12(6)18)22-13(19)20/h1-2,5H,3-4H2,(H,19,20). The first kappa shape index (κ1) is 14.4. The van der Waals surface area contributed by atoms with E-state index in [0.29, 0.717) is 6.07 Å². The van der Waals surface area contributed by atoms with Crippen LogP contribution in [0, 0.1) is 17.5 Å². The molecular weight excluding hydrogens is 307 g/mol. The fourth-order valence-electron chi connectivity index (χ4n) is 2.23. The Morgan fingerprint density at radius 3 is 2.55 bits per heavy atom. The highest BCUT2D eigenvalue weighted by atomic mass is 19.2. The Morgan fingerprint density at radius 2 is 2.00 bits per heavy atom. The van der Waals surface area contributed by atoms with Gasteiger partial charge in [-0.25, -0.2) is 18.0 Å². The summed E-state index contributed by atoms with van der Waals surface area (Å²) in [6.07, 6.45) is -0.803. The molecule has 2 heterocycles. The van der Waals surface area contributed by atoms with Gasteiger partial charge in [0, 0.05) is 0 Å². The number of fused-ring (bicyclic) bond motifs is 1. The largest absolute Gasteiger partial charge is 0.511 e. The van der Waals surface area contributed by atoms with Crippen LogP contribution in [0.15, 0.2) is 17.1 Å². The van der Waals surface area contributed by atoms with Crippen LogP contribution in [0.4, 0.5) is 18.0 Å². The van der Waals surface area contributed by atoms with Crippen LogP contribution in [0.1, 0.15) is 6.04 Å². The number of hydrogen-bond donors (Lipinski definition) is 1. The molecule has 1 aromatic carbocycles. The van der Waals surface area contributed by atoms with E-state index in [2.05, 4.69) is 4.74 Å². The van der Waals surface area contributed by atoms with E-state index in [1.165, 1.54) is 0 Å². The Kier molecular flexibility index (Phi) is 3.28. The van der Waals surface area contributed by atoms with Gasteiger partial charge in [-0.2, -0.15) is 0 Å². The number of ether oxygens (including phenoxy) is 2. The molecule has 2 aromatic rings. The predicted octanol–water partition coefficient (Wildman–Crippen LogP) is 2.05. The molecule has 1 aromatic heterocycles. The molecular formula is C13H8F3NO5. The lowest BCUT2D eigenvalue weighted by Gasteiger charge is -2.30. The van der Waals surface area contributed by atoms with Crippen molar-refractivity contribution in [1.29, 1.82) is 0 Å². The summed E-state index contributed by atoms with van der Waals surface area (Å²) in [4.78, 5) is 22.7. The van der Waals surface area contributed by atoms with Gasteiger partial charge in [0.05, 0.1) is 36.4 Å². The minimum absolute atomic E-state index is 0.156. The maximum Gasteiger partial charge on any atom is 0.511 e. The maximum absolute atomic E-state index is 14.0. The van der Waals surface area contributed by atoms with Gasteiger partial charge in [0.2, 0.25) is 5.43 Å². The first-order valence-corrected chi connectivity index (χ1v) is 6.11. The summed E-state index contributed by atoms with van der Waals surface area (Å²) in [6.45, 7) is 0.311. The number of hydrogen-bond acceptors (Lipinski definition) is 4. The van der Waals surface area contributed by atoms with Crippen LogP contribution in [0.2, 0.25) is 0 Å². The lowest BCUT2D eigenvalue weighted by Crippen LogP contribution is -2.32. The number of aromatic nitrogens is 1. The van der Waals surface area contributed by atoms with E-state index < -0.39 is 51.7 Å². The fraction of sp³-hybridized carbons (Fsp3) is 0.231. The summed E-state index contributed by atoms with van der Waals surface area (Å²) < 4.78 is 51.2. The zero-order valence-electron chi connectivity index (χ0n) is 10.8. The molecule has 0 unspecified atom stereocenters. The molecule has 0 spiro atoms.